The minimum atomic E-state index is -0.677. The summed E-state index contributed by atoms with van der Waals surface area (Å²) in [4.78, 5) is 11.9. The Bertz CT molecular complexity index is 1310. The standard InChI is InChI=1S/C41H64O10/c1-23-32(42)8-11-37(46-23)50-34-10-13-38(48-25(34)3)51-33-9-12-36(47-24(33)2)49-28-14-17-39(4)27(21-28)6-7-31-30(39)15-18-40(5)29(16-19-41(31,40)44)26-20-35(43)45-22-26/h20,23-25,27-34,36-38,42,44H,6-19,21-22H2,1-5H3/t23-,24-,25-,27+,28-,29+,30-,31+,32+,33+,34+,36-,37-,38-,39-,40+,41-/m0/s1. The molecule has 51 heavy (non-hydrogen) atoms. The van der Waals surface area contributed by atoms with E-state index >= 15 is 0 Å². The molecule has 10 nitrogen and oxygen atoms in total. The van der Waals surface area contributed by atoms with Crippen molar-refractivity contribution in [1.82, 2.24) is 0 Å². The number of ether oxygens (including phenoxy) is 7. The third kappa shape index (κ3) is 6.68. The number of aliphatic hydroxyl groups is 2. The number of carbonyl (C=O) groups excluding carboxylic acids is 1. The van der Waals surface area contributed by atoms with Crippen molar-refractivity contribution in [1.29, 1.82) is 0 Å². The van der Waals surface area contributed by atoms with Gasteiger partial charge in [-0.1, -0.05) is 13.8 Å². The highest BCUT2D eigenvalue weighted by atomic mass is 16.7. The third-order valence-electron chi connectivity index (χ3n) is 15.7. The van der Waals surface area contributed by atoms with Crippen LogP contribution < -0.4 is 0 Å². The molecule has 288 valence electrons. The van der Waals surface area contributed by atoms with Crippen LogP contribution in [0.25, 0.3) is 0 Å². The summed E-state index contributed by atoms with van der Waals surface area (Å²) in [5, 5.41) is 22.5. The Hall–Kier alpha value is -1.11. The average molecular weight is 717 g/mol. The van der Waals surface area contributed by atoms with Gasteiger partial charge in [0.1, 0.15) is 6.61 Å². The molecule has 0 spiro atoms. The van der Waals surface area contributed by atoms with Crippen LogP contribution in [0.5, 0.6) is 0 Å². The van der Waals surface area contributed by atoms with Crippen molar-refractivity contribution >= 4 is 5.97 Å². The second-order valence-electron chi connectivity index (χ2n) is 18.3. The Morgan fingerprint density at radius 1 is 0.706 bits per heavy atom. The van der Waals surface area contributed by atoms with E-state index in [1.54, 1.807) is 6.08 Å². The molecule has 8 rings (SSSR count). The number of rotatable bonds is 7. The van der Waals surface area contributed by atoms with Crippen molar-refractivity contribution in [2.75, 3.05) is 6.61 Å². The summed E-state index contributed by atoms with van der Waals surface area (Å²) in [7, 11) is 0. The van der Waals surface area contributed by atoms with Crippen molar-refractivity contribution in [3.8, 4) is 0 Å². The predicted octanol–water partition coefficient (Wildman–Crippen LogP) is 6.33. The Labute approximate surface area is 304 Å². The van der Waals surface area contributed by atoms with E-state index in [9.17, 15) is 15.0 Å². The Balaban J connectivity index is 0.804. The summed E-state index contributed by atoms with van der Waals surface area (Å²) in [5.74, 6) is 1.46. The van der Waals surface area contributed by atoms with Gasteiger partial charge in [0.15, 0.2) is 18.9 Å². The van der Waals surface area contributed by atoms with Crippen molar-refractivity contribution in [3.05, 3.63) is 11.6 Å². The molecule has 7 fully saturated rings. The second kappa shape index (κ2) is 14.2. The zero-order valence-electron chi connectivity index (χ0n) is 31.6. The SMILES string of the molecule is C[C@@H]1O[C@@H](O[C@@H]2CC[C@H](O[C@@H]3CC[C@H](O[C@H]4CC[C@@]5(C)[C@H](CC[C@@H]6[C@@H]5CC[C@]5(C)[C@@H](C7=CC(=O)OC7)CC[C@]65O)C4)O[C@H]3C)O[C@H]2C)CC[C@H]1O. The molecular weight excluding hydrogens is 652 g/mol. The van der Waals surface area contributed by atoms with E-state index in [0.717, 1.165) is 89.0 Å². The maximum atomic E-state index is 12.6. The van der Waals surface area contributed by atoms with Crippen LogP contribution in [0, 0.1) is 34.5 Å². The molecule has 2 N–H and O–H groups in total. The molecule has 0 aromatic heterocycles. The highest BCUT2D eigenvalue weighted by Gasteiger charge is 2.67. The van der Waals surface area contributed by atoms with Crippen LogP contribution >= 0.6 is 0 Å². The fourth-order valence-corrected chi connectivity index (χ4v) is 12.6. The summed E-state index contributed by atoms with van der Waals surface area (Å²) in [6.07, 6.45) is 14.3. The van der Waals surface area contributed by atoms with Gasteiger partial charge < -0.3 is 43.4 Å². The van der Waals surface area contributed by atoms with Gasteiger partial charge in [0, 0.05) is 30.8 Å². The minimum absolute atomic E-state index is 0.0376. The summed E-state index contributed by atoms with van der Waals surface area (Å²) >= 11 is 0. The molecule has 10 heteroatoms. The Kier molecular flexibility index (Phi) is 10.3. The summed E-state index contributed by atoms with van der Waals surface area (Å²) in [6, 6.07) is 0. The molecule has 4 saturated carbocycles. The second-order valence-corrected chi connectivity index (χ2v) is 18.3. The third-order valence-corrected chi connectivity index (χ3v) is 15.7. The van der Waals surface area contributed by atoms with Gasteiger partial charge in [-0.2, -0.15) is 0 Å². The molecular formula is C41H64O10. The van der Waals surface area contributed by atoms with Gasteiger partial charge in [-0.05, 0) is 132 Å². The predicted molar refractivity (Wildman–Crippen MR) is 187 cm³/mol. The lowest BCUT2D eigenvalue weighted by Gasteiger charge is -2.63. The van der Waals surface area contributed by atoms with E-state index in [1.807, 2.05) is 13.8 Å². The molecule has 0 amide bonds. The molecule has 0 aromatic carbocycles. The number of aliphatic hydroxyl groups excluding tert-OH is 1. The van der Waals surface area contributed by atoms with Gasteiger partial charge in [0.05, 0.1) is 48.3 Å². The first-order chi connectivity index (χ1) is 24.4. The van der Waals surface area contributed by atoms with Gasteiger partial charge in [0.2, 0.25) is 0 Å². The van der Waals surface area contributed by atoms with Crippen LogP contribution in [-0.2, 0) is 38.0 Å². The fourth-order valence-electron chi connectivity index (χ4n) is 12.6. The molecule has 4 aliphatic heterocycles. The topological polar surface area (TPSA) is 122 Å². The summed E-state index contributed by atoms with van der Waals surface area (Å²) in [6.45, 7) is 11.3. The van der Waals surface area contributed by atoms with E-state index in [2.05, 4.69) is 20.8 Å². The molecule has 17 atom stereocenters. The monoisotopic (exact) mass is 716 g/mol. The summed E-state index contributed by atoms with van der Waals surface area (Å²) in [5.41, 5.74) is 0.449. The van der Waals surface area contributed by atoms with Crippen LogP contribution in [0.2, 0.25) is 0 Å². The first-order valence-corrected chi connectivity index (χ1v) is 20.6. The zero-order chi connectivity index (χ0) is 35.7. The van der Waals surface area contributed by atoms with E-state index < -0.39 is 11.7 Å². The van der Waals surface area contributed by atoms with Gasteiger partial charge in [-0.25, -0.2) is 4.79 Å². The first kappa shape index (κ1) is 36.8. The first-order valence-electron chi connectivity index (χ1n) is 20.6. The lowest BCUT2D eigenvalue weighted by molar-refractivity contribution is -0.307. The molecule has 4 heterocycles. The van der Waals surface area contributed by atoms with Gasteiger partial charge in [0.25, 0.3) is 0 Å². The van der Waals surface area contributed by atoms with Crippen molar-refractivity contribution < 1.29 is 48.2 Å². The van der Waals surface area contributed by atoms with E-state index in [1.165, 1.54) is 0 Å². The lowest BCUT2D eigenvalue weighted by atomic mass is 9.43. The fraction of sp³-hybridized carbons (Fsp3) is 0.927. The Morgan fingerprint density at radius 2 is 1.35 bits per heavy atom. The number of carbonyl (C=O) groups is 1. The zero-order valence-corrected chi connectivity index (χ0v) is 31.6. The summed E-state index contributed by atoms with van der Waals surface area (Å²) < 4.78 is 43.3. The highest BCUT2D eigenvalue weighted by Crippen LogP contribution is 2.70. The van der Waals surface area contributed by atoms with Crippen molar-refractivity contribution in [2.24, 2.45) is 34.5 Å². The largest absolute Gasteiger partial charge is 0.458 e. The van der Waals surface area contributed by atoms with Gasteiger partial charge in [-0.3, -0.25) is 0 Å². The number of hydrogen-bond acceptors (Lipinski definition) is 10. The average Bonchev–Trinajstić information content (AvgIpc) is 3.64. The normalized spacial score (nSPS) is 53.1. The smallest absolute Gasteiger partial charge is 0.331 e. The van der Waals surface area contributed by atoms with Crippen molar-refractivity contribution in [3.63, 3.8) is 0 Å². The highest BCUT2D eigenvalue weighted by molar-refractivity contribution is 5.85. The number of cyclic esters (lactones) is 1. The molecule has 0 bridgehead atoms. The van der Waals surface area contributed by atoms with Crippen LogP contribution in [-0.4, -0.2) is 90.0 Å². The van der Waals surface area contributed by atoms with Gasteiger partial charge >= 0.3 is 5.97 Å². The van der Waals surface area contributed by atoms with Crippen LogP contribution in [0.4, 0.5) is 0 Å². The molecule has 8 aliphatic rings. The quantitative estimate of drug-likeness (QED) is 0.228. The van der Waals surface area contributed by atoms with Crippen LogP contribution in [0.1, 0.15) is 131 Å². The van der Waals surface area contributed by atoms with E-state index in [-0.39, 0.29) is 78.2 Å². The Morgan fingerprint density at radius 3 is 1.98 bits per heavy atom. The van der Waals surface area contributed by atoms with E-state index in [0.29, 0.717) is 37.2 Å². The molecule has 0 radical (unpaired) electrons. The molecule has 4 aliphatic carbocycles. The lowest BCUT2D eigenvalue weighted by Crippen LogP contribution is -2.62. The van der Waals surface area contributed by atoms with Crippen molar-refractivity contribution in [2.45, 2.75) is 198 Å². The minimum Gasteiger partial charge on any atom is -0.458 e. The maximum absolute atomic E-state index is 12.6. The van der Waals surface area contributed by atoms with Gasteiger partial charge in [-0.15, -0.1) is 0 Å². The molecule has 3 saturated heterocycles. The molecule has 0 unspecified atom stereocenters. The molecule has 0 aromatic rings. The number of hydrogen-bond donors (Lipinski definition) is 2. The van der Waals surface area contributed by atoms with E-state index in [4.69, 9.17) is 33.2 Å². The number of esters is 1. The maximum Gasteiger partial charge on any atom is 0.331 e. The number of fused-ring (bicyclic) bond motifs is 5. The van der Waals surface area contributed by atoms with Crippen LogP contribution in [0.3, 0.4) is 0 Å². The van der Waals surface area contributed by atoms with Crippen LogP contribution in [0.15, 0.2) is 11.6 Å².